The van der Waals surface area contributed by atoms with Crippen LogP contribution in [0.15, 0.2) is 29.2 Å². The van der Waals surface area contributed by atoms with Crippen molar-refractivity contribution in [2.45, 2.75) is 37.0 Å². The van der Waals surface area contributed by atoms with Crippen LogP contribution in [0.2, 0.25) is 5.02 Å². The van der Waals surface area contributed by atoms with Gasteiger partial charge in [0.25, 0.3) is 5.91 Å². The van der Waals surface area contributed by atoms with E-state index in [9.17, 15) is 30.8 Å². The van der Waals surface area contributed by atoms with Gasteiger partial charge in [-0.05, 0) is 37.6 Å². The van der Waals surface area contributed by atoms with Gasteiger partial charge < -0.3 is 9.88 Å². The summed E-state index contributed by atoms with van der Waals surface area (Å²) < 4.78 is 80.5. The van der Waals surface area contributed by atoms with Crippen molar-refractivity contribution in [3.63, 3.8) is 0 Å². The van der Waals surface area contributed by atoms with E-state index in [2.05, 4.69) is 5.32 Å². The molecule has 2 N–H and O–H groups in total. The highest BCUT2D eigenvalue weighted by molar-refractivity contribution is 7.89. The van der Waals surface area contributed by atoms with Gasteiger partial charge >= 0.3 is 6.18 Å². The minimum atomic E-state index is -4.84. The van der Waals surface area contributed by atoms with Crippen LogP contribution >= 0.6 is 11.6 Å². The summed E-state index contributed by atoms with van der Waals surface area (Å²) >= 11 is 6.22. The molecule has 2 aromatic rings. The van der Waals surface area contributed by atoms with Gasteiger partial charge in [-0.3, -0.25) is 4.79 Å². The Morgan fingerprint density at radius 2 is 2.03 bits per heavy atom. The summed E-state index contributed by atoms with van der Waals surface area (Å²) in [4.78, 5) is 12.2. The van der Waals surface area contributed by atoms with Crippen molar-refractivity contribution in [1.82, 2.24) is 9.29 Å². The number of sulfonamides is 1. The van der Waals surface area contributed by atoms with E-state index < -0.39 is 43.9 Å². The van der Waals surface area contributed by atoms with E-state index in [-0.39, 0.29) is 29.2 Å². The van der Waals surface area contributed by atoms with Crippen molar-refractivity contribution < 1.29 is 30.8 Å². The molecule has 1 aliphatic rings. The number of benzene rings is 1. The van der Waals surface area contributed by atoms with Crippen molar-refractivity contribution in [3.8, 4) is 6.07 Å². The fourth-order valence-electron chi connectivity index (χ4n) is 3.09. The maximum Gasteiger partial charge on any atom is 0.404 e. The normalized spacial score (nSPS) is 14.5. The summed E-state index contributed by atoms with van der Waals surface area (Å²) in [5.41, 5.74) is -0.638. The maximum atomic E-state index is 13.5. The molecule has 13 heteroatoms. The van der Waals surface area contributed by atoms with Crippen molar-refractivity contribution >= 4 is 39.3 Å². The molecule has 0 spiro atoms. The number of anilines is 1. The first-order valence-corrected chi connectivity index (χ1v) is 10.9. The summed E-state index contributed by atoms with van der Waals surface area (Å²) in [6.45, 7) is 0.782. The number of halogens is 5. The molecule has 2 heterocycles. The van der Waals surface area contributed by atoms with Gasteiger partial charge in [-0.1, -0.05) is 17.7 Å². The number of allylic oxidation sites excluding steroid dienone is 1. The molecule has 7 nitrogen and oxygen atoms in total. The lowest BCUT2D eigenvalue weighted by Gasteiger charge is -2.18. The van der Waals surface area contributed by atoms with Crippen LogP contribution in [0.25, 0.3) is 6.08 Å². The van der Waals surface area contributed by atoms with Crippen molar-refractivity contribution in [2.24, 2.45) is 0 Å². The SMILES string of the molecule is CC(NS(=O)(=O)c1c(Cl)c(C(=O)Nc2ccc(F)c(C#N)c2)n2c1C=CCC2)C(F)(F)F. The number of nitrogens with zero attached hydrogens (tertiary/aromatic N) is 2. The highest BCUT2D eigenvalue weighted by Crippen LogP contribution is 2.36. The van der Waals surface area contributed by atoms with Gasteiger partial charge in [0, 0.05) is 12.2 Å². The summed E-state index contributed by atoms with van der Waals surface area (Å²) in [6.07, 6.45) is -1.47. The molecule has 1 aromatic carbocycles. The Bertz CT molecular complexity index is 1260. The molecule has 1 atom stereocenters. The number of hydrogen-bond donors (Lipinski definition) is 2. The number of nitriles is 1. The van der Waals surface area contributed by atoms with Gasteiger partial charge in [0.2, 0.25) is 10.0 Å². The Kier molecular flexibility index (Phi) is 6.37. The molecule has 0 aliphatic carbocycles. The third-order valence-corrected chi connectivity index (χ3v) is 6.74. The Morgan fingerprint density at radius 3 is 2.66 bits per heavy atom. The Morgan fingerprint density at radius 1 is 1.34 bits per heavy atom. The highest BCUT2D eigenvalue weighted by atomic mass is 35.5. The molecule has 0 saturated carbocycles. The van der Waals surface area contributed by atoms with E-state index in [1.54, 1.807) is 12.1 Å². The van der Waals surface area contributed by atoms with Gasteiger partial charge in [0.15, 0.2) is 0 Å². The number of carbonyl (C=O) groups is 1. The van der Waals surface area contributed by atoms with E-state index in [4.69, 9.17) is 16.9 Å². The average molecular weight is 491 g/mol. The molecule has 1 aromatic heterocycles. The maximum absolute atomic E-state index is 13.5. The third-order valence-electron chi connectivity index (χ3n) is 4.65. The van der Waals surface area contributed by atoms with Crippen LogP contribution in [0, 0.1) is 17.1 Å². The zero-order valence-corrected chi connectivity index (χ0v) is 17.9. The van der Waals surface area contributed by atoms with E-state index in [0.717, 1.165) is 12.1 Å². The lowest BCUT2D eigenvalue weighted by atomic mass is 10.2. The average Bonchev–Trinajstić information content (AvgIpc) is 3.00. The zero-order chi connectivity index (χ0) is 23.8. The minimum absolute atomic E-state index is 0.0409. The smallest absolute Gasteiger partial charge is 0.334 e. The van der Waals surface area contributed by atoms with Crippen LogP contribution < -0.4 is 10.0 Å². The second kappa shape index (κ2) is 8.57. The van der Waals surface area contributed by atoms with Crippen LogP contribution in [0.5, 0.6) is 0 Å². The van der Waals surface area contributed by atoms with Gasteiger partial charge in [-0.25, -0.2) is 12.8 Å². The largest absolute Gasteiger partial charge is 0.404 e. The Labute approximate surface area is 185 Å². The minimum Gasteiger partial charge on any atom is -0.334 e. The number of fused-ring (bicyclic) bond motifs is 1. The highest BCUT2D eigenvalue weighted by Gasteiger charge is 2.41. The molecule has 32 heavy (non-hydrogen) atoms. The molecular formula is C19H15ClF4N4O3S. The zero-order valence-electron chi connectivity index (χ0n) is 16.3. The molecular weight excluding hydrogens is 476 g/mol. The first-order valence-electron chi connectivity index (χ1n) is 9.05. The van der Waals surface area contributed by atoms with Gasteiger partial charge in [0.05, 0.1) is 16.3 Å². The number of carbonyl (C=O) groups excluding carboxylic acids is 1. The first kappa shape index (κ1) is 23.8. The predicted molar refractivity (Wildman–Crippen MR) is 108 cm³/mol. The first-order chi connectivity index (χ1) is 14.9. The number of nitrogens with one attached hydrogen (secondary N) is 2. The molecule has 3 rings (SSSR count). The lowest BCUT2D eigenvalue weighted by Crippen LogP contribution is -2.43. The molecule has 1 amide bonds. The van der Waals surface area contributed by atoms with Crippen molar-refractivity contribution in [1.29, 1.82) is 5.26 Å². The molecule has 170 valence electrons. The van der Waals surface area contributed by atoms with E-state index in [0.29, 0.717) is 13.3 Å². The van der Waals surface area contributed by atoms with Crippen LogP contribution in [0.1, 0.15) is 35.1 Å². The van der Waals surface area contributed by atoms with E-state index in [1.807, 2.05) is 0 Å². The second-order valence-corrected chi connectivity index (χ2v) is 8.89. The summed E-state index contributed by atoms with van der Waals surface area (Å²) in [6, 6.07) is 2.45. The van der Waals surface area contributed by atoms with Crippen LogP contribution in [0.4, 0.5) is 23.2 Å². The standard InChI is InChI=1S/C19H15ClF4N4O3S/c1-10(19(22,23)24)27-32(30,31)17-14-4-2-3-7-28(14)16(15(17)20)18(29)26-12-5-6-13(21)11(8-12)9-25/h2,4-6,8,10,27H,3,7H2,1H3,(H,26,29). The molecule has 0 saturated heterocycles. The molecule has 0 fully saturated rings. The molecule has 1 aliphatic heterocycles. The third kappa shape index (κ3) is 4.50. The fourth-order valence-corrected chi connectivity index (χ4v) is 5.19. The Hall–Kier alpha value is -2.88. The van der Waals surface area contributed by atoms with Gasteiger partial charge in [0.1, 0.15) is 28.5 Å². The number of aromatic nitrogens is 1. The number of amides is 1. The van der Waals surface area contributed by atoms with Crippen LogP contribution in [-0.2, 0) is 16.6 Å². The molecule has 0 bridgehead atoms. The summed E-state index contributed by atoms with van der Waals surface area (Å²) in [5, 5.41) is 10.8. The topological polar surface area (TPSA) is 104 Å². The second-order valence-electron chi connectivity index (χ2n) is 6.86. The number of rotatable bonds is 5. The predicted octanol–water partition coefficient (Wildman–Crippen LogP) is 4.05. The molecule has 1 unspecified atom stereocenters. The van der Waals surface area contributed by atoms with Crippen molar-refractivity contribution in [2.75, 3.05) is 5.32 Å². The van der Waals surface area contributed by atoms with E-state index in [1.165, 1.54) is 21.4 Å². The van der Waals surface area contributed by atoms with Gasteiger partial charge in [-0.15, -0.1) is 0 Å². The number of alkyl halides is 3. The van der Waals surface area contributed by atoms with Crippen LogP contribution in [0.3, 0.4) is 0 Å². The van der Waals surface area contributed by atoms with Gasteiger partial charge in [-0.2, -0.15) is 23.2 Å². The Balaban J connectivity index is 2.06. The monoisotopic (exact) mass is 490 g/mol. The molecule has 0 radical (unpaired) electrons. The quantitative estimate of drug-likeness (QED) is 0.617. The van der Waals surface area contributed by atoms with Crippen molar-refractivity contribution in [3.05, 3.63) is 52.1 Å². The number of hydrogen-bond acceptors (Lipinski definition) is 4. The lowest BCUT2D eigenvalue weighted by molar-refractivity contribution is -0.147. The van der Waals surface area contributed by atoms with E-state index >= 15 is 0 Å². The fraction of sp³-hybridized carbons (Fsp3) is 0.263. The summed E-state index contributed by atoms with van der Waals surface area (Å²) in [7, 11) is -4.76. The summed E-state index contributed by atoms with van der Waals surface area (Å²) in [5.74, 6) is -1.68. The van der Waals surface area contributed by atoms with Crippen LogP contribution in [-0.4, -0.2) is 31.1 Å².